The van der Waals surface area contributed by atoms with Gasteiger partial charge in [-0.15, -0.1) is 0 Å². The molecule has 28 heavy (non-hydrogen) atoms. The Balaban J connectivity index is 1.54. The fraction of sp³-hybridized carbons (Fsp3) is 0.500. The van der Waals surface area contributed by atoms with Gasteiger partial charge in [-0.3, -0.25) is 0 Å². The predicted octanol–water partition coefficient (Wildman–Crippen LogP) is 3.95. The highest BCUT2D eigenvalue weighted by Crippen LogP contribution is 2.22. The third-order valence-electron chi connectivity index (χ3n) is 5.14. The van der Waals surface area contributed by atoms with Gasteiger partial charge in [0.25, 0.3) is 0 Å². The van der Waals surface area contributed by atoms with Gasteiger partial charge in [-0.05, 0) is 56.2 Å². The molecular weight excluding hydrogens is 374 g/mol. The number of piperidine rings is 2. The van der Waals surface area contributed by atoms with Crippen LogP contribution < -0.4 is 15.2 Å². The summed E-state index contributed by atoms with van der Waals surface area (Å²) in [5.41, 5.74) is 3.94. The fourth-order valence-electron chi connectivity index (χ4n) is 3.59. The summed E-state index contributed by atoms with van der Waals surface area (Å²) in [6.07, 6.45) is 9.02. The van der Waals surface area contributed by atoms with E-state index in [2.05, 4.69) is 30.3 Å². The Morgan fingerprint density at radius 3 is 1.86 bits per heavy atom. The lowest BCUT2D eigenvalue weighted by molar-refractivity contribution is 0.556. The summed E-state index contributed by atoms with van der Waals surface area (Å²) in [5.74, 6) is 1.99. The zero-order valence-electron chi connectivity index (χ0n) is 16.0. The van der Waals surface area contributed by atoms with Gasteiger partial charge in [0, 0.05) is 31.2 Å². The molecule has 0 amide bonds. The maximum atomic E-state index is 5.93. The van der Waals surface area contributed by atoms with Gasteiger partial charge in [-0.2, -0.15) is 20.1 Å². The monoisotopic (exact) mass is 399 g/mol. The number of halogens is 1. The van der Waals surface area contributed by atoms with Gasteiger partial charge in [0.15, 0.2) is 0 Å². The van der Waals surface area contributed by atoms with Crippen LogP contribution in [-0.2, 0) is 0 Å². The number of nitrogens with one attached hydrogen (secondary N) is 1. The van der Waals surface area contributed by atoms with Crippen LogP contribution in [0.15, 0.2) is 29.4 Å². The number of anilines is 3. The molecule has 4 rings (SSSR count). The van der Waals surface area contributed by atoms with E-state index in [1.807, 2.05) is 24.3 Å². The van der Waals surface area contributed by atoms with Crippen LogP contribution in [0.2, 0.25) is 5.02 Å². The lowest BCUT2D eigenvalue weighted by atomic mass is 10.1. The second-order valence-corrected chi connectivity index (χ2v) is 7.71. The molecule has 0 spiro atoms. The third-order valence-corrected chi connectivity index (χ3v) is 5.39. The van der Waals surface area contributed by atoms with Crippen molar-refractivity contribution in [3.05, 3.63) is 34.9 Å². The summed E-state index contributed by atoms with van der Waals surface area (Å²) in [5, 5.41) is 5.01. The quantitative estimate of drug-likeness (QED) is 0.606. The zero-order chi connectivity index (χ0) is 19.2. The first-order chi connectivity index (χ1) is 13.8. The van der Waals surface area contributed by atoms with Crippen molar-refractivity contribution < 1.29 is 0 Å². The van der Waals surface area contributed by atoms with Crippen molar-refractivity contribution in [1.82, 2.24) is 15.0 Å². The second-order valence-electron chi connectivity index (χ2n) is 7.28. The molecule has 0 aliphatic carbocycles. The molecule has 148 valence electrons. The highest BCUT2D eigenvalue weighted by Gasteiger charge is 2.20. The predicted molar refractivity (Wildman–Crippen MR) is 115 cm³/mol. The molecule has 2 saturated heterocycles. The summed E-state index contributed by atoms with van der Waals surface area (Å²) >= 11 is 5.93. The standard InChI is InChI=1S/C20H26ClN7/c21-17-9-7-16(8-10-17)15-22-26-18-23-19(27-11-3-1-4-12-27)25-20(24-18)28-13-5-2-6-14-28/h7-10,15H,1-6,11-14H2,(H,23,24,25,26)/b22-15-. The Morgan fingerprint density at radius 1 is 0.786 bits per heavy atom. The Hall–Kier alpha value is -2.41. The minimum absolute atomic E-state index is 0.487. The molecule has 1 aromatic carbocycles. The second kappa shape index (κ2) is 9.19. The van der Waals surface area contributed by atoms with E-state index >= 15 is 0 Å². The number of benzene rings is 1. The molecule has 0 bridgehead atoms. The van der Waals surface area contributed by atoms with Crippen molar-refractivity contribution in [2.75, 3.05) is 41.4 Å². The van der Waals surface area contributed by atoms with Crippen molar-refractivity contribution in [3.63, 3.8) is 0 Å². The number of nitrogens with zero attached hydrogens (tertiary/aromatic N) is 6. The SMILES string of the molecule is Clc1ccc(/C=N\Nc2nc(N3CCCCC3)nc(N3CCCCC3)n2)cc1. The van der Waals surface area contributed by atoms with Gasteiger partial charge in [0.1, 0.15) is 0 Å². The molecule has 0 unspecified atom stereocenters. The van der Waals surface area contributed by atoms with Crippen molar-refractivity contribution in [1.29, 1.82) is 0 Å². The van der Waals surface area contributed by atoms with E-state index in [9.17, 15) is 0 Å². The fourth-order valence-corrected chi connectivity index (χ4v) is 3.71. The first-order valence-corrected chi connectivity index (χ1v) is 10.5. The van der Waals surface area contributed by atoms with Crippen molar-refractivity contribution >= 4 is 35.7 Å². The third kappa shape index (κ3) is 4.90. The van der Waals surface area contributed by atoms with E-state index in [0.29, 0.717) is 11.0 Å². The van der Waals surface area contributed by atoms with E-state index in [4.69, 9.17) is 16.6 Å². The minimum Gasteiger partial charge on any atom is -0.341 e. The number of aromatic nitrogens is 3. The Labute approximate surface area is 170 Å². The first-order valence-electron chi connectivity index (χ1n) is 10.1. The molecule has 2 aliphatic heterocycles. The number of hydrogen-bond donors (Lipinski definition) is 1. The van der Waals surface area contributed by atoms with E-state index in [-0.39, 0.29) is 0 Å². The van der Waals surface area contributed by atoms with Crippen molar-refractivity contribution in [3.8, 4) is 0 Å². The average molecular weight is 400 g/mol. The van der Waals surface area contributed by atoms with Crippen LogP contribution in [0, 0.1) is 0 Å². The maximum Gasteiger partial charge on any atom is 0.250 e. The summed E-state index contributed by atoms with van der Waals surface area (Å²) in [6.45, 7) is 3.99. The summed E-state index contributed by atoms with van der Waals surface area (Å²) in [7, 11) is 0. The average Bonchev–Trinajstić information content (AvgIpc) is 2.76. The van der Waals surface area contributed by atoms with E-state index in [1.165, 1.54) is 38.5 Å². The normalized spacial score (nSPS) is 17.9. The van der Waals surface area contributed by atoms with Crippen LogP contribution in [0.3, 0.4) is 0 Å². The highest BCUT2D eigenvalue weighted by molar-refractivity contribution is 6.30. The lowest BCUT2D eigenvalue weighted by Crippen LogP contribution is -2.34. The Morgan fingerprint density at radius 2 is 1.32 bits per heavy atom. The van der Waals surface area contributed by atoms with Crippen LogP contribution in [0.5, 0.6) is 0 Å². The van der Waals surface area contributed by atoms with Gasteiger partial charge in [-0.25, -0.2) is 5.43 Å². The van der Waals surface area contributed by atoms with Crippen LogP contribution in [0.1, 0.15) is 44.1 Å². The molecule has 3 heterocycles. The summed E-state index contributed by atoms with van der Waals surface area (Å²) in [4.78, 5) is 18.5. The van der Waals surface area contributed by atoms with Crippen LogP contribution >= 0.6 is 11.6 Å². The van der Waals surface area contributed by atoms with Crippen molar-refractivity contribution in [2.24, 2.45) is 5.10 Å². The lowest BCUT2D eigenvalue weighted by Gasteiger charge is -2.30. The summed E-state index contributed by atoms with van der Waals surface area (Å²) < 4.78 is 0. The van der Waals surface area contributed by atoms with Gasteiger partial charge in [-0.1, -0.05) is 23.7 Å². The molecule has 1 aromatic heterocycles. The smallest absolute Gasteiger partial charge is 0.250 e. The van der Waals surface area contributed by atoms with Gasteiger partial charge in [0.2, 0.25) is 17.8 Å². The Bertz CT molecular complexity index is 760. The Kier molecular flexibility index (Phi) is 6.21. The van der Waals surface area contributed by atoms with Crippen LogP contribution in [-0.4, -0.2) is 47.3 Å². The van der Waals surface area contributed by atoms with E-state index in [0.717, 1.165) is 43.6 Å². The largest absolute Gasteiger partial charge is 0.341 e. The van der Waals surface area contributed by atoms with Gasteiger partial charge < -0.3 is 9.80 Å². The van der Waals surface area contributed by atoms with Crippen molar-refractivity contribution in [2.45, 2.75) is 38.5 Å². The molecule has 2 aromatic rings. The first kappa shape index (κ1) is 18.9. The molecule has 7 nitrogen and oxygen atoms in total. The summed E-state index contributed by atoms with van der Waals surface area (Å²) in [6, 6.07) is 7.52. The highest BCUT2D eigenvalue weighted by atomic mass is 35.5. The molecule has 0 atom stereocenters. The molecule has 1 N–H and O–H groups in total. The molecule has 0 radical (unpaired) electrons. The molecule has 2 fully saturated rings. The molecule has 0 saturated carbocycles. The number of rotatable bonds is 5. The topological polar surface area (TPSA) is 69.5 Å². The van der Waals surface area contributed by atoms with Gasteiger partial charge >= 0.3 is 0 Å². The number of hydrazone groups is 1. The minimum atomic E-state index is 0.487. The molecular formula is C20H26ClN7. The number of hydrogen-bond acceptors (Lipinski definition) is 7. The van der Waals surface area contributed by atoms with E-state index in [1.54, 1.807) is 6.21 Å². The zero-order valence-corrected chi connectivity index (χ0v) is 16.8. The van der Waals surface area contributed by atoms with Gasteiger partial charge in [0.05, 0.1) is 6.21 Å². The van der Waals surface area contributed by atoms with E-state index < -0.39 is 0 Å². The maximum absolute atomic E-state index is 5.93. The van der Waals surface area contributed by atoms with Crippen LogP contribution in [0.25, 0.3) is 0 Å². The molecule has 8 heteroatoms. The molecule has 2 aliphatic rings. The van der Waals surface area contributed by atoms with Crippen LogP contribution in [0.4, 0.5) is 17.8 Å².